The molecule has 0 aliphatic rings. The van der Waals surface area contributed by atoms with Crippen LogP contribution in [0.1, 0.15) is 30.9 Å². The van der Waals surface area contributed by atoms with Gasteiger partial charge >= 0.3 is 5.97 Å². The molecule has 6 nitrogen and oxygen atoms in total. The molecule has 0 radical (unpaired) electrons. The van der Waals surface area contributed by atoms with E-state index in [-0.39, 0.29) is 5.97 Å². The van der Waals surface area contributed by atoms with Crippen LogP contribution in [-0.4, -0.2) is 34.4 Å². The van der Waals surface area contributed by atoms with Crippen molar-refractivity contribution in [3.8, 4) is 28.7 Å². The summed E-state index contributed by atoms with van der Waals surface area (Å²) in [6.07, 6.45) is 2.60. The Morgan fingerprint density at radius 3 is 1.82 bits per heavy atom. The molecule has 2 aromatic rings. The lowest BCUT2D eigenvalue weighted by Gasteiger charge is -2.15. The van der Waals surface area contributed by atoms with Crippen molar-refractivity contribution in [1.29, 1.82) is 0 Å². The SMILES string of the molecule is CCCC(=O)Oc1c(OC)cc(CCc2ccc(OC)c(OC)c2)cc1OC. The number of benzene rings is 2. The smallest absolute Gasteiger partial charge is 0.311 e. The minimum atomic E-state index is -0.308. The predicted molar refractivity (Wildman–Crippen MR) is 107 cm³/mol. The van der Waals surface area contributed by atoms with Crippen molar-refractivity contribution in [2.24, 2.45) is 0 Å². The van der Waals surface area contributed by atoms with E-state index in [2.05, 4.69) is 0 Å². The molecule has 0 bridgehead atoms. The maximum absolute atomic E-state index is 11.9. The summed E-state index contributed by atoms with van der Waals surface area (Å²) in [5, 5.41) is 0. The molecule has 2 rings (SSSR count). The van der Waals surface area contributed by atoms with Crippen LogP contribution in [0.25, 0.3) is 0 Å². The van der Waals surface area contributed by atoms with Crippen LogP contribution in [0.2, 0.25) is 0 Å². The molecule has 28 heavy (non-hydrogen) atoms. The maximum Gasteiger partial charge on any atom is 0.311 e. The summed E-state index contributed by atoms with van der Waals surface area (Å²) in [4.78, 5) is 11.9. The molecule has 0 unspecified atom stereocenters. The van der Waals surface area contributed by atoms with Gasteiger partial charge < -0.3 is 23.7 Å². The average molecular weight is 388 g/mol. The van der Waals surface area contributed by atoms with Gasteiger partial charge in [-0.25, -0.2) is 0 Å². The second-order valence-corrected chi connectivity index (χ2v) is 6.24. The number of rotatable bonds is 10. The number of aryl methyl sites for hydroxylation is 2. The molecular formula is C22H28O6. The Kier molecular flexibility index (Phi) is 7.99. The highest BCUT2D eigenvalue weighted by atomic mass is 16.6. The first kappa shape index (κ1) is 21.4. The van der Waals surface area contributed by atoms with Gasteiger partial charge in [-0.05, 0) is 54.7 Å². The van der Waals surface area contributed by atoms with E-state index in [1.807, 2.05) is 37.3 Å². The van der Waals surface area contributed by atoms with Gasteiger partial charge in [-0.2, -0.15) is 0 Å². The monoisotopic (exact) mass is 388 g/mol. The largest absolute Gasteiger partial charge is 0.493 e. The highest BCUT2D eigenvalue weighted by Crippen LogP contribution is 2.39. The lowest BCUT2D eigenvalue weighted by molar-refractivity contribution is -0.134. The van der Waals surface area contributed by atoms with E-state index in [1.165, 1.54) is 0 Å². The maximum atomic E-state index is 11.9. The number of methoxy groups -OCH3 is 4. The fourth-order valence-corrected chi connectivity index (χ4v) is 2.87. The van der Waals surface area contributed by atoms with Crippen molar-refractivity contribution in [1.82, 2.24) is 0 Å². The van der Waals surface area contributed by atoms with E-state index >= 15 is 0 Å². The molecule has 0 aliphatic heterocycles. The normalized spacial score (nSPS) is 10.3. The zero-order valence-corrected chi connectivity index (χ0v) is 17.2. The Morgan fingerprint density at radius 1 is 0.750 bits per heavy atom. The van der Waals surface area contributed by atoms with Gasteiger partial charge in [0.2, 0.25) is 5.75 Å². The number of hydrogen-bond donors (Lipinski definition) is 0. The lowest BCUT2D eigenvalue weighted by Crippen LogP contribution is -2.09. The van der Waals surface area contributed by atoms with Crippen LogP contribution in [0.4, 0.5) is 0 Å². The van der Waals surface area contributed by atoms with Gasteiger partial charge in [-0.15, -0.1) is 0 Å². The van der Waals surface area contributed by atoms with E-state index in [0.29, 0.717) is 41.6 Å². The minimum Gasteiger partial charge on any atom is -0.493 e. The van der Waals surface area contributed by atoms with Gasteiger partial charge in [0.1, 0.15) is 0 Å². The molecule has 6 heteroatoms. The fourth-order valence-electron chi connectivity index (χ4n) is 2.87. The highest BCUT2D eigenvalue weighted by molar-refractivity contribution is 5.74. The summed E-state index contributed by atoms with van der Waals surface area (Å²) in [7, 11) is 6.33. The van der Waals surface area contributed by atoms with Crippen molar-refractivity contribution in [2.75, 3.05) is 28.4 Å². The van der Waals surface area contributed by atoms with Crippen LogP contribution < -0.4 is 23.7 Å². The van der Waals surface area contributed by atoms with E-state index in [1.54, 1.807) is 28.4 Å². The van der Waals surface area contributed by atoms with E-state index in [9.17, 15) is 4.79 Å². The van der Waals surface area contributed by atoms with Gasteiger partial charge in [0.05, 0.1) is 28.4 Å². The zero-order chi connectivity index (χ0) is 20.5. The second-order valence-electron chi connectivity index (χ2n) is 6.24. The van der Waals surface area contributed by atoms with Crippen LogP contribution in [0.3, 0.4) is 0 Å². The molecule has 152 valence electrons. The van der Waals surface area contributed by atoms with Crippen molar-refractivity contribution in [3.05, 3.63) is 41.5 Å². The standard InChI is InChI=1S/C22H28O6/c1-6-7-21(23)28-22-19(26-4)13-16(14-20(22)27-5)9-8-15-10-11-17(24-2)18(12-15)25-3/h10-14H,6-9H2,1-5H3. The van der Waals surface area contributed by atoms with Gasteiger partial charge in [-0.1, -0.05) is 13.0 Å². The van der Waals surface area contributed by atoms with Crippen LogP contribution in [0, 0.1) is 0 Å². The summed E-state index contributed by atoms with van der Waals surface area (Å²) < 4.78 is 27.0. The Balaban J connectivity index is 2.21. The molecule has 0 heterocycles. The molecule has 2 aromatic carbocycles. The topological polar surface area (TPSA) is 63.2 Å². The van der Waals surface area contributed by atoms with Gasteiger partial charge in [-0.3, -0.25) is 4.79 Å². The van der Waals surface area contributed by atoms with Crippen molar-refractivity contribution in [3.63, 3.8) is 0 Å². The van der Waals surface area contributed by atoms with E-state index in [0.717, 1.165) is 24.0 Å². The summed E-state index contributed by atoms with van der Waals surface area (Å²) >= 11 is 0. The third kappa shape index (κ3) is 5.31. The molecule has 0 saturated carbocycles. The molecule has 0 fully saturated rings. The number of carbonyl (C=O) groups is 1. The predicted octanol–water partition coefficient (Wildman–Crippen LogP) is 4.21. The second kappa shape index (κ2) is 10.4. The van der Waals surface area contributed by atoms with Gasteiger partial charge in [0, 0.05) is 6.42 Å². The number of esters is 1. The van der Waals surface area contributed by atoms with Gasteiger partial charge in [0.15, 0.2) is 23.0 Å². The first-order chi connectivity index (χ1) is 13.6. The molecule has 0 saturated heterocycles. The molecule has 0 aromatic heterocycles. The van der Waals surface area contributed by atoms with Gasteiger partial charge in [0.25, 0.3) is 0 Å². The Labute approximate surface area is 166 Å². The lowest BCUT2D eigenvalue weighted by atomic mass is 10.0. The Hall–Kier alpha value is -2.89. The Bertz CT molecular complexity index is 775. The summed E-state index contributed by atoms with van der Waals surface area (Å²) in [6, 6.07) is 9.62. The summed E-state index contributed by atoms with van der Waals surface area (Å²) in [5.41, 5.74) is 2.13. The van der Waals surface area contributed by atoms with E-state index < -0.39 is 0 Å². The van der Waals surface area contributed by atoms with Crippen molar-refractivity contribution < 1.29 is 28.5 Å². The number of carbonyl (C=O) groups excluding carboxylic acids is 1. The first-order valence-corrected chi connectivity index (χ1v) is 9.22. The fraction of sp³-hybridized carbons (Fsp3) is 0.409. The van der Waals surface area contributed by atoms with Crippen LogP contribution >= 0.6 is 0 Å². The van der Waals surface area contributed by atoms with E-state index in [4.69, 9.17) is 23.7 Å². The molecule has 0 aliphatic carbocycles. The summed E-state index contributed by atoms with van der Waals surface area (Å²) in [5.74, 6) is 2.37. The minimum absolute atomic E-state index is 0.308. The molecule has 0 spiro atoms. The molecular weight excluding hydrogens is 360 g/mol. The van der Waals surface area contributed by atoms with Crippen molar-refractivity contribution in [2.45, 2.75) is 32.6 Å². The highest BCUT2D eigenvalue weighted by Gasteiger charge is 2.17. The molecule has 0 N–H and O–H groups in total. The third-order valence-corrected chi connectivity index (χ3v) is 4.34. The molecule has 0 atom stereocenters. The number of hydrogen-bond acceptors (Lipinski definition) is 6. The van der Waals surface area contributed by atoms with Crippen LogP contribution in [-0.2, 0) is 17.6 Å². The quantitative estimate of drug-likeness (QED) is 0.449. The third-order valence-electron chi connectivity index (χ3n) is 4.34. The first-order valence-electron chi connectivity index (χ1n) is 9.22. The Morgan fingerprint density at radius 2 is 1.29 bits per heavy atom. The molecule has 0 amide bonds. The zero-order valence-electron chi connectivity index (χ0n) is 17.2. The number of ether oxygens (including phenoxy) is 5. The van der Waals surface area contributed by atoms with Crippen LogP contribution in [0.5, 0.6) is 28.7 Å². The average Bonchev–Trinajstić information content (AvgIpc) is 2.72. The van der Waals surface area contributed by atoms with Crippen molar-refractivity contribution >= 4 is 5.97 Å². The van der Waals surface area contributed by atoms with Crippen LogP contribution in [0.15, 0.2) is 30.3 Å². The summed E-state index contributed by atoms with van der Waals surface area (Å²) in [6.45, 7) is 1.92.